The topological polar surface area (TPSA) is 102 Å². The van der Waals surface area contributed by atoms with E-state index in [1.165, 1.54) is 69.4 Å². The summed E-state index contributed by atoms with van der Waals surface area (Å²) in [6.45, 7) is 2.73. The van der Waals surface area contributed by atoms with Gasteiger partial charge in [-0.2, -0.15) is 0 Å². The van der Waals surface area contributed by atoms with Crippen LogP contribution in [-0.2, 0) is 14.8 Å². The van der Waals surface area contributed by atoms with Crippen molar-refractivity contribution in [1.82, 2.24) is 0 Å². The third-order valence-corrected chi connectivity index (χ3v) is 5.54. The maximum absolute atomic E-state index is 12.8. The van der Waals surface area contributed by atoms with Crippen LogP contribution < -0.4 is 19.1 Å². The predicted molar refractivity (Wildman–Crippen MR) is 106 cm³/mol. The van der Waals surface area contributed by atoms with Gasteiger partial charge in [0.05, 0.1) is 24.8 Å². The van der Waals surface area contributed by atoms with Crippen molar-refractivity contribution in [3.05, 3.63) is 42.0 Å². The Hall–Kier alpha value is -3.07. The number of nitrogens with zero attached hydrogens (tertiary/aromatic N) is 1. The average Bonchev–Trinajstić information content (AvgIpc) is 2.66. The predicted octanol–water partition coefficient (Wildman–Crippen LogP) is 2.69. The zero-order chi connectivity index (χ0) is 21.1. The molecule has 0 fully saturated rings. The number of benzene rings is 2. The third-order valence-electron chi connectivity index (χ3n) is 4.15. The first-order chi connectivity index (χ1) is 13.1. The molecule has 0 bridgehead atoms. The zero-order valence-electron chi connectivity index (χ0n) is 16.3. The molecule has 0 heterocycles. The highest BCUT2D eigenvalue weighted by atomic mass is 32.2. The quantitative estimate of drug-likeness (QED) is 0.710. The number of carbonyl (C=O) groups is 2. The van der Waals surface area contributed by atoms with Gasteiger partial charge in [-0.3, -0.25) is 14.3 Å². The van der Waals surface area contributed by atoms with Crippen LogP contribution in [0.4, 0.5) is 11.4 Å². The summed E-state index contributed by atoms with van der Waals surface area (Å²) in [5.74, 6) is 0.0816. The molecule has 150 valence electrons. The lowest BCUT2D eigenvalue weighted by atomic mass is 10.1. The maximum atomic E-state index is 12.8. The highest BCUT2D eigenvalue weighted by molar-refractivity contribution is 7.92. The van der Waals surface area contributed by atoms with E-state index < -0.39 is 10.0 Å². The first-order valence-electron chi connectivity index (χ1n) is 8.25. The molecular formula is C19H22N2O6S. The minimum absolute atomic E-state index is 0.0162. The maximum Gasteiger partial charge on any atom is 0.261 e. The van der Waals surface area contributed by atoms with E-state index in [1.54, 1.807) is 7.05 Å². The minimum atomic E-state index is -3.98. The van der Waals surface area contributed by atoms with E-state index in [0.29, 0.717) is 11.4 Å². The molecule has 2 aromatic rings. The lowest BCUT2D eigenvalue weighted by molar-refractivity contribution is -0.116. The van der Waals surface area contributed by atoms with Gasteiger partial charge in [-0.1, -0.05) is 0 Å². The molecule has 8 nitrogen and oxygen atoms in total. The Labute approximate surface area is 164 Å². The van der Waals surface area contributed by atoms with Crippen LogP contribution in [0, 0.1) is 0 Å². The van der Waals surface area contributed by atoms with E-state index in [2.05, 4.69) is 4.72 Å². The summed E-state index contributed by atoms with van der Waals surface area (Å²) in [6.07, 6.45) is 0. The smallest absolute Gasteiger partial charge is 0.261 e. The van der Waals surface area contributed by atoms with Crippen molar-refractivity contribution in [2.24, 2.45) is 0 Å². The molecule has 0 unspecified atom stereocenters. The van der Waals surface area contributed by atoms with E-state index in [1.807, 2.05) is 0 Å². The number of nitrogens with one attached hydrogen (secondary N) is 1. The highest BCUT2D eigenvalue weighted by Crippen LogP contribution is 2.34. The number of sulfonamides is 1. The number of rotatable bonds is 7. The van der Waals surface area contributed by atoms with Crippen molar-refractivity contribution in [2.45, 2.75) is 18.7 Å². The summed E-state index contributed by atoms with van der Waals surface area (Å²) >= 11 is 0. The normalized spacial score (nSPS) is 10.9. The number of hydrogen-bond donors (Lipinski definition) is 1. The molecule has 0 aromatic heterocycles. The van der Waals surface area contributed by atoms with Gasteiger partial charge < -0.3 is 14.4 Å². The Bertz CT molecular complexity index is 1000. The molecular weight excluding hydrogens is 384 g/mol. The van der Waals surface area contributed by atoms with Crippen molar-refractivity contribution in [3.63, 3.8) is 0 Å². The lowest BCUT2D eigenvalue weighted by Gasteiger charge is -2.17. The summed E-state index contributed by atoms with van der Waals surface area (Å²) in [6, 6.07) is 8.62. The first kappa shape index (κ1) is 21.2. The average molecular weight is 406 g/mol. The largest absolute Gasteiger partial charge is 0.493 e. The molecule has 0 aliphatic heterocycles. The Kier molecular flexibility index (Phi) is 6.30. The van der Waals surface area contributed by atoms with Crippen molar-refractivity contribution < 1.29 is 27.5 Å². The number of carbonyl (C=O) groups excluding carboxylic acids is 2. The number of hydrogen-bond acceptors (Lipinski definition) is 6. The van der Waals surface area contributed by atoms with E-state index in [-0.39, 0.29) is 33.6 Å². The van der Waals surface area contributed by atoms with Gasteiger partial charge in [-0.25, -0.2) is 8.42 Å². The monoisotopic (exact) mass is 406 g/mol. The van der Waals surface area contributed by atoms with Gasteiger partial charge >= 0.3 is 0 Å². The number of methoxy groups -OCH3 is 2. The fourth-order valence-electron chi connectivity index (χ4n) is 2.49. The number of ketones is 1. The second-order valence-electron chi connectivity index (χ2n) is 5.99. The lowest BCUT2D eigenvalue weighted by Crippen LogP contribution is -2.22. The molecule has 0 saturated heterocycles. The van der Waals surface area contributed by atoms with E-state index in [4.69, 9.17) is 9.47 Å². The number of anilines is 2. The molecule has 0 aliphatic rings. The highest BCUT2D eigenvalue weighted by Gasteiger charge is 2.21. The Morgan fingerprint density at radius 3 is 1.96 bits per heavy atom. The Morgan fingerprint density at radius 1 is 0.964 bits per heavy atom. The van der Waals surface area contributed by atoms with Crippen LogP contribution in [-0.4, -0.2) is 41.4 Å². The van der Waals surface area contributed by atoms with Gasteiger partial charge in [0.25, 0.3) is 10.0 Å². The standard InChI is InChI=1S/C19H22N2O6S/c1-12(22)16-10-18(26-4)19(27-5)11-17(16)20-28(24,25)15-8-6-14(7-9-15)21(3)13(2)23/h6-11,20H,1-5H3. The van der Waals surface area contributed by atoms with Gasteiger partial charge in [-0.15, -0.1) is 0 Å². The van der Waals surface area contributed by atoms with Crippen LogP contribution in [0.5, 0.6) is 11.5 Å². The van der Waals surface area contributed by atoms with Gasteiger partial charge in [-0.05, 0) is 37.3 Å². The van der Waals surface area contributed by atoms with Gasteiger partial charge in [0.2, 0.25) is 5.91 Å². The molecule has 1 amide bonds. The van der Waals surface area contributed by atoms with E-state index in [0.717, 1.165) is 0 Å². The summed E-state index contributed by atoms with van der Waals surface area (Å²) in [4.78, 5) is 24.8. The van der Waals surface area contributed by atoms with Crippen LogP contribution in [0.2, 0.25) is 0 Å². The molecule has 0 radical (unpaired) electrons. The van der Waals surface area contributed by atoms with Crippen LogP contribution in [0.15, 0.2) is 41.3 Å². The van der Waals surface area contributed by atoms with Crippen molar-refractivity contribution >= 4 is 33.1 Å². The summed E-state index contributed by atoms with van der Waals surface area (Å²) < 4.78 is 38.3. The first-order valence-corrected chi connectivity index (χ1v) is 9.73. The summed E-state index contributed by atoms with van der Waals surface area (Å²) in [5.41, 5.74) is 0.784. The second-order valence-corrected chi connectivity index (χ2v) is 7.67. The fourth-order valence-corrected chi connectivity index (χ4v) is 3.56. The van der Waals surface area contributed by atoms with Gasteiger partial charge in [0.1, 0.15) is 0 Å². The molecule has 0 aliphatic carbocycles. The van der Waals surface area contributed by atoms with E-state index in [9.17, 15) is 18.0 Å². The molecule has 9 heteroatoms. The number of ether oxygens (including phenoxy) is 2. The van der Waals surface area contributed by atoms with Gasteiger partial charge in [0, 0.05) is 31.3 Å². The molecule has 28 heavy (non-hydrogen) atoms. The molecule has 1 N–H and O–H groups in total. The summed E-state index contributed by atoms with van der Waals surface area (Å²) in [7, 11) is 0.444. The molecule has 0 spiro atoms. The Morgan fingerprint density at radius 2 is 1.50 bits per heavy atom. The van der Waals surface area contributed by atoms with Crippen molar-refractivity contribution in [1.29, 1.82) is 0 Å². The van der Waals surface area contributed by atoms with Crippen molar-refractivity contribution in [3.8, 4) is 11.5 Å². The second kappa shape index (κ2) is 8.30. The Balaban J connectivity index is 2.43. The minimum Gasteiger partial charge on any atom is -0.493 e. The number of amides is 1. The van der Waals surface area contributed by atoms with Crippen LogP contribution >= 0.6 is 0 Å². The fraction of sp³-hybridized carbons (Fsp3) is 0.263. The molecule has 2 aromatic carbocycles. The SMILES string of the molecule is COc1cc(NS(=O)(=O)c2ccc(N(C)C(C)=O)cc2)c(C(C)=O)cc1OC. The number of Topliss-reactive ketones (excluding diaryl/α,β-unsaturated/α-hetero) is 1. The van der Waals surface area contributed by atoms with Crippen LogP contribution in [0.1, 0.15) is 24.2 Å². The van der Waals surface area contributed by atoms with Crippen LogP contribution in [0.25, 0.3) is 0 Å². The van der Waals surface area contributed by atoms with Gasteiger partial charge in [0.15, 0.2) is 17.3 Å². The third kappa shape index (κ3) is 4.42. The van der Waals surface area contributed by atoms with Crippen LogP contribution in [0.3, 0.4) is 0 Å². The van der Waals surface area contributed by atoms with Crippen molar-refractivity contribution in [2.75, 3.05) is 30.9 Å². The van der Waals surface area contributed by atoms with E-state index >= 15 is 0 Å². The molecule has 2 rings (SSSR count). The molecule has 0 saturated carbocycles. The zero-order valence-corrected chi connectivity index (χ0v) is 17.1. The molecule has 0 atom stereocenters. The summed E-state index contributed by atoms with van der Waals surface area (Å²) in [5, 5.41) is 0.